The maximum Gasteiger partial charge on any atom is 0.182 e. The zero-order valence-electron chi connectivity index (χ0n) is 18.0. The molecular weight excluding hydrogens is 448 g/mol. The molecule has 0 aliphatic carbocycles. The minimum atomic E-state index is -3.65. The van der Waals surface area contributed by atoms with Crippen molar-refractivity contribution in [3.63, 3.8) is 0 Å². The predicted octanol–water partition coefficient (Wildman–Crippen LogP) is 3.97. The number of ether oxygens (including phenoxy) is 1. The molecule has 3 aromatic rings. The van der Waals surface area contributed by atoms with Gasteiger partial charge in [-0.15, -0.1) is 0 Å². The highest BCUT2D eigenvalue weighted by atomic mass is 32.2. The van der Waals surface area contributed by atoms with Crippen LogP contribution in [0.5, 0.6) is 0 Å². The lowest BCUT2D eigenvalue weighted by Gasteiger charge is -2.33. The zero-order valence-corrected chi connectivity index (χ0v) is 18.8. The SMILES string of the molecule is O=S(=O)(Cc1cccc(C(CO)N2CCOCC2)c1)c1ccc(-c2ccc(F)cc2F)cc1. The molecule has 1 fully saturated rings. The summed E-state index contributed by atoms with van der Waals surface area (Å²) in [6, 6.07) is 16.2. The Balaban J connectivity index is 1.53. The Morgan fingerprint density at radius 3 is 2.36 bits per heavy atom. The van der Waals surface area contributed by atoms with Crippen molar-refractivity contribution in [3.05, 3.63) is 89.5 Å². The fourth-order valence-corrected chi connectivity index (χ4v) is 5.41. The fraction of sp³-hybridized carbons (Fsp3) is 0.280. The molecule has 1 atom stereocenters. The van der Waals surface area contributed by atoms with Gasteiger partial charge >= 0.3 is 0 Å². The quantitative estimate of drug-likeness (QED) is 0.563. The summed E-state index contributed by atoms with van der Waals surface area (Å²) in [5.41, 5.74) is 2.14. The number of aliphatic hydroxyl groups is 1. The summed E-state index contributed by atoms with van der Waals surface area (Å²) in [5, 5.41) is 9.94. The number of sulfone groups is 1. The van der Waals surface area contributed by atoms with Gasteiger partial charge in [-0.2, -0.15) is 0 Å². The van der Waals surface area contributed by atoms with E-state index in [-0.39, 0.29) is 28.9 Å². The maximum atomic E-state index is 14.0. The molecule has 33 heavy (non-hydrogen) atoms. The number of halogens is 2. The van der Waals surface area contributed by atoms with Crippen molar-refractivity contribution < 1.29 is 27.0 Å². The van der Waals surface area contributed by atoms with E-state index in [1.807, 2.05) is 12.1 Å². The Hall–Kier alpha value is -2.65. The van der Waals surface area contributed by atoms with Crippen molar-refractivity contribution in [2.45, 2.75) is 16.7 Å². The molecule has 0 bridgehead atoms. The van der Waals surface area contributed by atoms with Crippen LogP contribution in [0.3, 0.4) is 0 Å². The van der Waals surface area contributed by atoms with Crippen molar-refractivity contribution in [1.82, 2.24) is 4.90 Å². The lowest BCUT2D eigenvalue weighted by atomic mass is 10.0. The minimum Gasteiger partial charge on any atom is -0.394 e. The van der Waals surface area contributed by atoms with Crippen LogP contribution in [-0.4, -0.2) is 51.3 Å². The van der Waals surface area contributed by atoms with Crippen LogP contribution in [0.2, 0.25) is 0 Å². The summed E-state index contributed by atoms with van der Waals surface area (Å²) < 4.78 is 58.6. The first-order chi connectivity index (χ1) is 15.9. The third-order valence-electron chi connectivity index (χ3n) is 5.81. The second-order valence-electron chi connectivity index (χ2n) is 8.00. The van der Waals surface area contributed by atoms with Crippen molar-refractivity contribution in [1.29, 1.82) is 0 Å². The van der Waals surface area contributed by atoms with Gasteiger partial charge in [0, 0.05) is 24.7 Å². The Bertz CT molecular complexity index is 1210. The standard InChI is InChI=1S/C25H25F2NO4S/c26-21-6-9-23(24(27)15-21)19-4-7-22(8-5-19)33(30,31)17-18-2-1-3-20(14-18)25(16-29)28-10-12-32-13-11-28/h1-9,14-15,25,29H,10-13,16-17H2. The van der Waals surface area contributed by atoms with Gasteiger partial charge in [-0.25, -0.2) is 17.2 Å². The summed E-state index contributed by atoms with van der Waals surface area (Å²) in [5.74, 6) is -1.58. The van der Waals surface area contributed by atoms with Crippen molar-refractivity contribution in [2.75, 3.05) is 32.9 Å². The Morgan fingerprint density at radius 1 is 0.970 bits per heavy atom. The molecule has 1 aliphatic rings. The van der Waals surface area contributed by atoms with Crippen LogP contribution < -0.4 is 0 Å². The zero-order chi connectivity index (χ0) is 23.4. The second kappa shape index (κ2) is 10.1. The van der Waals surface area contributed by atoms with Gasteiger partial charge in [0.15, 0.2) is 9.84 Å². The molecule has 0 aromatic heterocycles. The first-order valence-electron chi connectivity index (χ1n) is 10.7. The maximum absolute atomic E-state index is 14.0. The van der Waals surface area contributed by atoms with E-state index in [4.69, 9.17) is 4.74 Å². The van der Waals surface area contributed by atoms with Gasteiger partial charge in [-0.3, -0.25) is 4.90 Å². The van der Waals surface area contributed by atoms with Gasteiger partial charge in [0.1, 0.15) is 11.6 Å². The first kappa shape index (κ1) is 23.5. The molecule has 8 heteroatoms. The molecule has 4 rings (SSSR count). The molecule has 1 saturated heterocycles. The third-order valence-corrected chi connectivity index (χ3v) is 7.51. The van der Waals surface area contributed by atoms with E-state index >= 15 is 0 Å². The minimum absolute atomic E-state index is 0.0718. The summed E-state index contributed by atoms with van der Waals surface area (Å²) in [6.45, 7) is 2.53. The largest absolute Gasteiger partial charge is 0.394 e. The third kappa shape index (κ3) is 5.47. The smallest absolute Gasteiger partial charge is 0.182 e. The van der Waals surface area contributed by atoms with Crippen molar-refractivity contribution in [2.24, 2.45) is 0 Å². The molecule has 1 heterocycles. The summed E-state index contributed by atoms with van der Waals surface area (Å²) in [7, 11) is -3.65. The van der Waals surface area contributed by atoms with E-state index in [2.05, 4.69) is 4.90 Å². The molecule has 174 valence electrons. The van der Waals surface area contributed by atoms with Crippen LogP contribution in [0.25, 0.3) is 11.1 Å². The van der Waals surface area contributed by atoms with E-state index in [9.17, 15) is 22.3 Å². The van der Waals surface area contributed by atoms with E-state index < -0.39 is 21.5 Å². The van der Waals surface area contributed by atoms with Crippen LogP contribution in [0, 0.1) is 11.6 Å². The Labute approximate surface area is 192 Å². The molecule has 0 radical (unpaired) electrons. The number of aliphatic hydroxyl groups excluding tert-OH is 1. The average molecular weight is 474 g/mol. The molecular formula is C25H25F2NO4S. The van der Waals surface area contributed by atoms with Crippen molar-refractivity contribution >= 4 is 9.84 Å². The van der Waals surface area contributed by atoms with E-state index in [1.54, 1.807) is 12.1 Å². The number of nitrogens with zero attached hydrogens (tertiary/aromatic N) is 1. The number of hydrogen-bond acceptors (Lipinski definition) is 5. The lowest BCUT2D eigenvalue weighted by Crippen LogP contribution is -2.40. The topological polar surface area (TPSA) is 66.8 Å². The molecule has 1 N–H and O–H groups in total. The average Bonchev–Trinajstić information content (AvgIpc) is 2.80. The molecule has 3 aromatic carbocycles. The van der Waals surface area contributed by atoms with Crippen LogP contribution in [-0.2, 0) is 20.3 Å². The van der Waals surface area contributed by atoms with Gasteiger partial charge in [0.25, 0.3) is 0 Å². The Morgan fingerprint density at radius 2 is 1.70 bits per heavy atom. The van der Waals surface area contributed by atoms with Crippen LogP contribution in [0.4, 0.5) is 8.78 Å². The predicted molar refractivity (Wildman–Crippen MR) is 121 cm³/mol. The van der Waals surface area contributed by atoms with Crippen molar-refractivity contribution in [3.8, 4) is 11.1 Å². The first-order valence-corrected chi connectivity index (χ1v) is 12.3. The fourth-order valence-electron chi connectivity index (χ4n) is 4.08. The van der Waals surface area contributed by atoms with Crippen LogP contribution in [0.15, 0.2) is 71.6 Å². The summed E-state index contributed by atoms with van der Waals surface area (Å²) in [6.07, 6.45) is 0. The monoisotopic (exact) mass is 473 g/mol. The number of rotatable bonds is 7. The second-order valence-corrected chi connectivity index (χ2v) is 9.99. The van der Waals surface area contributed by atoms with Gasteiger partial charge in [0.05, 0.1) is 36.5 Å². The van der Waals surface area contributed by atoms with Crippen LogP contribution >= 0.6 is 0 Å². The van der Waals surface area contributed by atoms with E-state index in [0.717, 1.165) is 17.7 Å². The highest BCUT2D eigenvalue weighted by Crippen LogP contribution is 2.27. The number of hydrogen-bond donors (Lipinski definition) is 1. The normalized spacial score (nSPS) is 16.0. The van der Waals surface area contributed by atoms with E-state index in [0.29, 0.717) is 37.4 Å². The highest BCUT2D eigenvalue weighted by Gasteiger charge is 2.23. The van der Waals surface area contributed by atoms with Crippen LogP contribution in [0.1, 0.15) is 17.2 Å². The van der Waals surface area contributed by atoms with Gasteiger partial charge in [0.2, 0.25) is 0 Å². The highest BCUT2D eigenvalue weighted by molar-refractivity contribution is 7.90. The Kier molecular flexibility index (Phi) is 7.19. The molecule has 0 spiro atoms. The molecule has 5 nitrogen and oxygen atoms in total. The molecule has 1 aliphatic heterocycles. The summed E-state index contributed by atoms with van der Waals surface area (Å²) >= 11 is 0. The summed E-state index contributed by atoms with van der Waals surface area (Å²) in [4.78, 5) is 2.25. The molecule has 0 saturated carbocycles. The number of morpholine rings is 1. The van der Waals surface area contributed by atoms with E-state index in [1.165, 1.54) is 30.3 Å². The molecule has 1 unspecified atom stereocenters. The number of benzene rings is 3. The van der Waals surface area contributed by atoms with Gasteiger partial charge in [-0.05, 0) is 41.0 Å². The van der Waals surface area contributed by atoms with Gasteiger partial charge in [-0.1, -0.05) is 36.4 Å². The lowest BCUT2D eigenvalue weighted by molar-refractivity contribution is 0.00258. The van der Waals surface area contributed by atoms with Gasteiger partial charge < -0.3 is 9.84 Å². The molecule has 0 amide bonds.